The number of nitrogens with zero attached hydrogens (tertiary/aromatic N) is 1. The maximum atomic E-state index is 11.1. The van der Waals surface area contributed by atoms with Gasteiger partial charge < -0.3 is 28.4 Å². The Hall–Kier alpha value is -4.30. The van der Waals surface area contributed by atoms with Crippen LogP contribution in [0.15, 0.2) is 75.8 Å². The van der Waals surface area contributed by atoms with E-state index in [1.54, 1.807) is 6.20 Å². The van der Waals surface area contributed by atoms with Crippen molar-refractivity contribution in [1.29, 1.82) is 0 Å². The first-order valence-corrected chi connectivity index (χ1v) is 14.0. The van der Waals surface area contributed by atoms with Crippen molar-refractivity contribution in [3.05, 3.63) is 89.6 Å². The second-order valence-corrected chi connectivity index (χ2v) is 10.8. The van der Waals surface area contributed by atoms with E-state index in [1.807, 2.05) is 61.7 Å². The van der Waals surface area contributed by atoms with Crippen molar-refractivity contribution < 1.29 is 27.8 Å². The van der Waals surface area contributed by atoms with Crippen molar-refractivity contribution in [3.63, 3.8) is 0 Å². The van der Waals surface area contributed by atoms with Crippen molar-refractivity contribution in [1.82, 2.24) is 10.3 Å². The smallest absolute Gasteiger partial charge is 0.303 e. The standard InChI is InChI=1S/C33H34N2O6/c1-21-31(20-38-26-11-12-28-23(15-26)16-27(39-28)19-37-22(2)36)40-29-9-4-10-30(32(21)29)41-33(3,24-7-5-13-34-17-24)25-8-6-14-35-18-25/h4-5,7,9-13,15-17,25,35H,6,8,14,18-20H2,1-3H3. The Kier molecular flexibility index (Phi) is 7.41. The quantitative estimate of drug-likeness (QED) is 0.198. The Balaban J connectivity index is 1.25. The average Bonchev–Trinajstić information content (AvgIpc) is 3.56. The van der Waals surface area contributed by atoms with Gasteiger partial charge in [0.25, 0.3) is 0 Å². The van der Waals surface area contributed by atoms with E-state index in [2.05, 4.69) is 23.3 Å². The van der Waals surface area contributed by atoms with Gasteiger partial charge in [0.15, 0.2) is 0 Å². The van der Waals surface area contributed by atoms with Crippen LogP contribution in [-0.2, 0) is 28.3 Å². The molecular formula is C33H34N2O6. The lowest BCUT2D eigenvalue weighted by Gasteiger charge is -2.40. The van der Waals surface area contributed by atoms with Crippen molar-refractivity contribution in [3.8, 4) is 11.5 Å². The van der Waals surface area contributed by atoms with Crippen LogP contribution in [0.5, 0.6) is 11.5 Å². The zero-order chi connectivity index (χ0) is 28.4. The number of rotatable bonds is 9. The molecule has 0 bridgehead atoms. The van der Waals surface area contributed by atoms with Gasteiger partial charge in [0.2, 0.25) is 0 Å². The summed E-state index contributed by atoms with van der Waals surface area (Å²) in [4.78, 5) is 15.5. The molecule has 0 saturated carbocycles. The highest BCUT2D eigenvalue weighted by Crippen LogP contribution is 2.42. The lowest BCUT2D eigenvalue weighted by Crippen LogP contribution is -2.46. The molecule has 0 radical (unpaired) electrons. The number of aryl methyl sites for hydroxylation is 1. The molecule has 2 unspecified atom stereocenters. The summed E-state index contributed by atoms with van der Waals surface area (Å²) in [6.45, 7) is 7.86. The molecule has 1 fully saturated rings. The maximum absolute atomic E-state index is 11.1. The number of aromatic nitrogens is 1. The van der Waals surface area contributed by atoms with E-state index in [4.69, 9.17) is 23.0 Å². The van der Waals surface area contributed by atoms with Gasteiger partial charge in [0, 0.05) is 48.3 Å². The molecule has 2 atom stereocenters. The summed E-state index contributed by atoms with van der Waals surface area (Å²) in [5, 5.41) is 5.36. The normalized spacial score (nSPS) is 16.9. The SMILES string of the molecule is CC(=O)OCc1cc2cc(OCc3oc4cccc(OC(C)(c5cccnc5)C5CCCNC5)c4c3C)ccc2o1. The molecule has 0 aliphatic carbocycles. The summed E-state index contributed by atoms with van der Waals surface area (Å²) >= 11 is 0. The van der Waals surface area contributed by atoms with E-state index in [0.717, 1.165) is 64.9 Å². The molecule has 8 heteroatoms. The van der Waals surface area contributed by atoms with Crippen molar-refractivity contribution in [2.45, 2.75) is 52.4 Å². The minimum absolute atomic E-state index is 0.0971. The maximum Gasteiger partial charge on any atom is 0.303 e. The lowest BCUT2D eigenvalue weighted by atomic mass is 9.79. The minimum atomic E-state index is -0.565. The Morgan fingerprint density at radius 1 is 1.10 bits per heavy atom. The molecule has 1 saturated heterocycles. The second-order valence-electron chi connectivity index (χ2n) is 10.8. The third-order valence-electron chi connectivity index (χ3n) is 7.97. The fraction of sp³-hybridized carbons (Fsp3) is 0.333. The first-order chi connectivity index (χ1) is 19.9. The third kappa shape index (κ3) is 5.52. The first-order valence-electron chi connectivity index (χ1n) is 14.0. The van der Waals surface area contributed by atoms with Crippen molar-refractivity contribution in [2.75, 3.05) is 13.1 Å². The molecule has 1 N–H and O–H groups in total. The number of nitrogens with one attached hydrogen (secondary N) is 1. The van der Waals surface area contributed by atoms with E-state index in [-0.39, 0.29) is 25.1 Å². The van der Waals surface area contributed by atoms with Gasteiger partial charge in [-0.15, -0.1) is 0 Å². The highest BCUT2D eigenvalue weighted by Gasteiger charge is 2.40. The molecule has 212 valence electrons. The molecule has 1 aliphatic heterocycles. The van der Waals surface area contributed by atoms with Crippen LogP contribution in [0.3, 0.4) is 0 Å². The van der Waals surface area contributed by atoms with Crippen LogP contribution in [0.25, 0.3) is 21.9 Å². The van der Waals surface area contributed by atoms with Gasteiger partial charge >= 0.3 is 5.97 Å². The molecule has 0 spiro atoms. The van der Waals surface area contributed by atoms with Crippen LogP contribution in [0, 0.1) is 12.8 Å². The van der Waals surface area contributed by atoms with E-state index in [1.165, 1.54) is 6.92 Å². The van der Waals surface area contributed by atoms with E-state index in [0.29, 0.717) is 17.1 Å². The van der Waals surface area contributed by atoms with E-state index in [9.17, 15) is 4.79 Å². The van der Waals surface area contributed by atoms with Crippen LogP contribution in [0.2, 0.25) is 0 Å². The molecule has 3 aromatic heterocycles. The summed E-state index contributed by atoms with van der Waals surface area (Å²) in [6.07, 6.45) is 5.89. The van der Waals surface area contributed by atoms with Crippen LogP contribution in [0.1, 0.15) is 49.3 Å². The highest BCUT2D eigenvalue weighted by molar-refractivity contribution is 5.88. The van der Waals surface area contributed by atoms with Crippen LogP contribution in [-0.4, -0.2) is 24.0 Å². The Labute approximate surface area is 238 Å². The number of pyridine rings is 1. The van der Waals surface area contributed by atoms with Gasteiger partial charge in [0.05, 0.1) is 5.39 Å². The highest BCUT2D eigenvalue weighted by atomic mass is 16.5. The first kappa shape index (κ1) is 26.9. The largest absolute Gasteiger partial charge is 0.486 e. The van der Waals surface area contributed by atoms with Crippen LogP contribution < -0.4 is 14.8 Å². The number of ether oxygens (including phenoxy) is 3. The number of carbonyl (C=O) groups is 1. The number of carbonyl (C=O) groups excluding carboxylic acids is 1. The Morgan fingerprint density at radius 2 is 2.00 bits per heavy atom. The van der Waals surface area contributed by atoms with Crippen LogP contribution >= 0.6 is 0 Å². The second kappa shape index (κ2) is 11.3. The molecular weight excluding hydrogens is 520 g/mol. The zero-order valence-corrected chi connectivity index (χ0v) is 23.6. The number of fused-ring (bicyclic) bond motifs is 2. The number of furan rings is 2. The Bertz CT molecular complexity index is 1670. The number of esters is 1. The summed E-state index contributed by atoms with van der Waals surface area (Å²) in [5.41, 5.74) is 2.94. The van der Waals surface area contributed by atoms with Gasteiger partial charge in [-0.25, -0.2) is 0 Å². The van der Waals surface area contributed by atoms with Gasteiger partial charge in [-0.3, -0.25) is 9.78 Å². The van der Waals surface area contributed by atoms with Crippen molar-refractivity contribution >= 4 is 27.9 Å². The van der Waals surface area contributed by atoms with Gasteiger partial charge in [-0.1, -0.05) is 12.1 Å². The molecule has 41 heavy (non-hydrogen) atoms. The molecule has 5 aromatic rings. The van der Waals surface area contributed by atoms with Gasteiger partial charge in [-0.2, -0.15) is 0 Å². The fourth-order valence-corrected chi connectivity index (χ4v) is 5.68. The average molecular weight is 555 g/mol. The summed E-state index contributed by atoms with van der Waals surface area (Å²) in [6, 6.07) is 17.5. The van der Waals surface area contributed by atoms with Gasteiger partial charge in [-0.05, 0) is 75.7 Å². The van der Waals surface area contributed by atoms with E-state index >= 15 is 0 Å². The number of piperidine rings is 1. The molecule has 6 rings (SSSR count). The van der Waals surface area contributed by atoms with Crippen LogP contribution in [0.4, 0.5) is 0 Å². The molecule has 2 aromatic carbocycles. The predicted molar refractivity (Wildman–Crippen MR) is 155 cm³/mol. The number of benzene rings is 2. The molecule has 1 aliphatic rings. The van der Waals surface area contributed by atoms with Gasteiger partial charge in [0.1, 0.15) is 53.0 Å². The molecule has 4 heterocycles. The molecule has 8 nitrogen and oxygen atoms in total. The van der Waals surface area contributed by atoms with E-state index < -0.39 is 5.60 Å². The predicted octanol–water partition coefficient (Wildman–Crippen LogP) is 6.82. The lowest BCUT2D eigenvalue weighted by molar-refractivity contribution is -0.142. The molecule has 0 amide bonds. The fourth-order valence-electron chi connectivity index (χ4n) is 5.68. The number of hydrogen-bond acceptors (Lipinski definition) is 8. The summed E-state index contributed by atoms with van der Waals surface area (Å²) in [7, 11) is 0. The summed E-state index contributed by atoms with van der Waals surface area (Å²) in [5.74, 6) is 2.72. The minimum Gasteiger partial charge on any atom is -0.486 e. The van der Waals surface area contributed by atoms with Crippen molar-refractivity contribution in [2.24, 2.45) is 5.92 Å². The monoisotopic (exact) mass is 554 g/mol. The topological polar surface area (TPSA) is 96.0 Å². The zero-order valence-electron chi connectivity index (χ0n) is 23.6. The third-order valence-corrected chi connectivity index (χ3v) is 7.97. The summed E-state index contributed by atoms with van der Waals surface area (Å²) < 4.78 is 30.2. The number of hydrogen-bond donors (Lipinski definition) is 1. The Morgan fingerprint density at radius 3 is 2.78 bits per heavy atom.